The van der Waals surface area contributed by atoms with Gasteiger partial charge in [0.15, 0.2) is 0 Å². The molecule has 1 rings (SSSR count). The van der Waals surface area contributed by atoms with Crippen LogP contribution in [0.1, 0.15) is 12.5 Å². The molecule has 2 N–H and O–H groups in total. The first-order valence-corrected chi connectivity index (χ1v) is 5.24. The van der Waals surface area contributed by atoms with Crippen LogP contribution in [0.4, 0.5) is 0 Å². The number of ether oxygens (including phenoxy) is 1. The standard InChI is InChI=1S/C12H19NO2/c1-10(13-7-8-14)9-11-5-3-4-6-12(11)15-2/h3-6,10,13-14H,7-9H2,1-2H3/t10-/m1/s1. The lowest BCUT2D eigenvalue weighted by Gasteiger charge is -2.14. The summed E-state index contributed by atoms with van der Waals surface area (Å²) in [5.74, 6) is 0.926. The topological polar surface area (TPSA) is 41.5 Å². The van der Waals surface area contributed by atoms with Crippen molar-refractivity contribution in [3.63, 3.8) is 0 Å². The molecule has 0 fully saturated rings. The Hall–Kier alpha value is -1.06. The van der Waals surface area contributed by atoms with Crippen molar-refractivity contribution in [1.29, 1.82) is 0 Å². The summed E-state index contributed by atoms with van der Waals surface area (Å²) in [5.41, 5.74) is 1.19. The lowest BCUT2D eigenvalue weighted by molar-refractivity contribution is 0.285. The Bertz CT molecular complexity index is 289. The predicted octanol–water partition coefficient (Wildman–Crippen LogP) is 1.21. The molecule has 3 nitrogen and oxygen atoms in total. The molecule has 0 bridgehead atoms. The number of hydrogen-bond acceptors (Lipinski definition) is 3. The maximum Gasteiger partial charge on any atom is 0.122 e. The zero-order valence-electron chi connectivity index (χ0n) is 9.36. The Labute approximate surface area is 91.1 Å². The Morgan fingerprint density at radius 2 is 2.13 bits per heavy atom. The number of hydrogen-bond donors (Lipinski definition) is 2. The zero-order valence-corrected chi connectivity index (χ0v) is 9.36. The fourth-order valence-corrected chi connectivity index (χ4v) is 1.58. The highest BCUT2D eigenvalue weighted by Crippen LogP contribution is 2.18. The van der Waals surface area contributed by atoms with E-state index in [2.05, 4.69) is 18.3 Å². The van der Waals surface area contributed by atoms with E-state index in [1.54, 1.807) is 7.11 Å². The lowest BCUT2D eigenvalue weighted by atomic mass is 10.1. The largest absolute Gasteiger partial charge is 0.496 e. The summed E-state index contributed by atoms with van der Waals surface area (Å²) in [5, 5.41) is 11.9. The average Bonchev–Trinajstić information content (AvgIpc) is 2.27. The molecule has 0 aromatic heterocycles. The molecule has 3 heteroatoms. The molecule has 84 valence electrons. The minimum Gasteiger partial charge on any atom is -0.496 e. The molecule has 0 amide bonds. The first-order valence-electron chi connectivity index (χ1n) is 5.24. The van der Waals surface area contributed by atoms with Gasteiger partial charge in [-0.15, -0.1) is 0 Å². The fraction of sp³-hybridized carbons (Fsp3) is 0.500. The Morgan fingerprint density at radius 3 is 2.80 bits per heavy atom. The van der Waals surface area contributed by atoms with Crippen LogP contribution in [0.2, 0.25) is 0 Å². The van der Waals surface area contributed by atoms with E-state index in [0.717, 1.165) is 12.2 Å². The molecule has 0 radical (unpaired) electrons. The van der Waals surface area contributed by atoms with E-state index in [9.17, 15) is 0 Å². The molecule has 0 saturated heterocycles. The van der Waals surface area contributed by atoms with E-state index in [4.69, 9.17) is 9.84 Å². The normalized spacial score (nSPS) is 12.5. The van der Waals surface area contributed by atoms with Crippen LogP contribution in [0.3, 0.4) is 0 Å². The highest BCUT2D eigenvalue weighted by atomic mass is 16.5. The Morgan fingerprint density at radius 1 is 1.40 bits per heavy atom. The van der Waals surface area contributed by atoms with Crippen molar-refractivity contribution < 1.29 is 9.84 Å². The van der Waals surface area contributed by atoms with Crippen LogP contribution in [0.5, 0.6) is 5.75 Å². The van der Waals surface area contributed by atoms with Crippen LogP contribution in [0.15, 0.2) is 24.3 Å². The molecule has 1 aromatic rings. The van der Waals surface area contributed by atoms with Crippen LogP contribution in [0, 0.1) is 0 Å². The van der Waals surface area contributed by atoms with E-state index in [0.29, 0.717) is 12.6 Å². The van der Waals surface area contributed by atoms with E-state index in [1.165, 1.54) is 5.56 Å². The third-order valence-corrected chi connectivity index (χ3v) is 2.32. The van der Waals surface area contributed by atoms with Crippen molar-refractivity contribution in [1.82, 2.24) is 5.32 Å². The average molecular weight is 209 g/mol. The fourth-order valence-electron chi connectivity index (χ4n) is 1.58. The second kappa shape index (κ2) is 6.43. The molecular weight excluding hydrogens is 190 g/mol. The van der Waals surface area contributed by atoms with Gasteiger partial charge in [-0.2, -0.15) is 0 Å². The minimum absolute atomic E-state index is 0.177. The second-order valence-corrected chi connectivity index (χ2v) is 3.59. The number of rotatable bonds is 6. The molecule has 0 saturated carbocycles. The maximum absolute atomic E-state index is 8.69. The Kier molecular flexibility index (Phi) is 5.15. The smallest absolute Gasteiger partial charge is 0.122 e. The first kappa shape index (κ1) is 12.0. The number of aliphatic hydroxyl groups excluding tert-OH is 1. The van der Waals surface area contributed by atoms with E-state index >= 15 is 0 Å². The molecule has 0 aliphatic carbocycles. The molecule has 1 aromatic carbocycles. The first-order chi connectivity index (χ1) is 7.27. The summed E-state index contributed by atoms with van der Waals surface area (Å²) in [6.45, 7) is 2.91. The van der Waals surface area contributed by atoms with Gasteiger partial charge in [-0.3, -0.25) is 0 Å². The van der Waals surface area contributed by atoms with Gasteiger partial charge < -0.3 is 15.2 Å². The summed E-state index contributed by atoms with van der Waals surface area (Å²) < 4.78 is 5.27. The van der Waals surface area contributed by atoms with Crippen molar-refractivity contribution in [2.45, 2.75) is 19.4 Å². The van der Waals surface area contributed by atoms with Gasteiger partial charge in [0.2, 0.25) is 0 Å². The van der Waals surface area contributed by atoms with Crippen molar-refractivity contribution in [3.8, 4) is 5.75 Å². The molecule has 1 atom stereocenters. The number of para-hydroxylation sites is 1. The van der Waals surface area contributed by atoms with Gasteiger partial charge in [0, 0.05) is 12.6 Å². The highest BCUT2D eigenvalue weighted by Gasteiger charge is 2.06. The summed E-state index contributed by atoms with van der Waals surface area (Å²) in [6, 6.07) is 8.35. The van der Waals surface area contributed by atoms with Crippen molar-refractivity contribution in [2.24, 2.45) is 0 Å². The molecule has 0 heterocycles. The molecule has 15 heavy (non-hydrogen) atoms. The van der Waals surface area contributed by atoms with Crippen molar-refractivity contribution in [3.05, 3.63) is 29.8 Å². The van der Waals surface area contributed by atoms with Crippen LogP contribution in [0.25, 0.3) is 0 Å². The third-order valence-electron chi connectivity index (χ3n) is 2.32. The number of methoxy groups -OCH3 is 1. The third kappa shape index (κ3) is 3.90. The van der Waals surface area contributed by atoms with Crippen LogP contribution in [-0.4, -0.2) is 31.4 Å². The zero-order chi connectivity index (χ0) is 11.1. The maximum atomic E-state index is 8.69. The molecular formula is C12H19NO2. The van der Waals surface area contributed by atoms with Gasteiger partial charge in [0.1, 0.15) is 5.75 Å². The minimum atomic E-state index is 0.177. The van der Waals surface area contributed by atoms with Gasteiger partial charge >= 0.3 is 0 Å². The molecule has 0 spiro atoms. The van der Waals surface area contributed by atoms with Gasteiger partial charge in [-0.25, -0.2) is 0 Å². The Balaban J connectivity index is 2.55. The van der Waals surface area contributed by atoms with Gasteiger partial charge in [-0.1, -0.05) is 18.2 Å². The SMILES string of the molecule is COc1ccccc1C[C@@H](C)NCCO. The van der Waals surface area contributed by atoms with Crippen LogP contribution in [-0.2, 0) is 6.42 Å². The van der Waals surface area contributed by atoms with E-state index < -0.39 is 0 Å². The van der Waals surface area contributed by atoms with Gasteiger partial charge in [0.25, 0.3) is 0 Å². The number of aliphatic hydroxyl groups is 1. The quantitative estimate of drug-likeness (QED) is 0.740. The van der Waals surface area contributed by atoms with Gasteiger partial charge in [0.05, 0.1) is 13.7 Å². The molecule has 0 unspecified atom stereocenters. The van der Waals surface area contributed by atoms with Crippen molar-refractivity contribution >= 4 is 0 Å². The van der Waals surface area contributed by atoms with E-state index in [-0.39, 0.29) is 6.61 Å². The van der Waals surface area contributed by atoms with Crippen LogP contribution >= 0.6 is 0 Å². The predicted molar refractivity (Wildman–Crippen MR) is 61.2 cm³/mol. The van der Waals surface area contributed by atoms with E-state index in [1.807, 2.05) is 18.2 Å². The van der Waals surface area contributed by atoms with Crippen LogP contribution < -0.4 is 10.1 Å². The summed E-state index contributed by atoms with van der Waals surface area (Å²) in [6.07, 6.45) is 0.907. The summed E-state index contributed by atoms with van der Waals surface area (Å²) >= 11 is 0. The monoisotopic (exact) mass is 209 g/mol. The second-order valence-electron chi connectivity index (χ2n) is 3.59. The van der Waals surface area contributed by atoms with Crippen molar-refractivity contribution in [2.75, 3.05) is 20.3 Å². The number of nitrogens with one attached hydrogen (secondary N) is 1. The van der Waals surface area contributed by atoms with Gasteiger partial charge in [-0.05, 0) is 25.0 Å². The molecule has 0 aliphatic heterocycles. The summed E-state index contributed by atoms with van der Waals surface area (Å²) in [7, 11) is 1.69. The molecule has 0 aliphatic rings. The number of benzene rings is 1. The summed E-state index contributed by atoms with van der Waals surface area (Å²) in [4.78, 5) is 0. The highest BCUT2D eigenvalue weighted by molar-refractivity contribution is 5.33. The lowest BCUT2D eigenvalue weighted by Crippen LogP contribution is -2.30.